The van der Waals surface area contributed by atoms with Crippen LogP contribution in [-0.4, -0.2) is 21.4 Å². The van der Waals surface area contributed by atoms with Crippen LogP contribution in [0.4, 0.5) is 0 Å². The molecule has 1 atom stereocenters. The Balaban J connectivity index is 3.19. The number of hydrogen-bond acceptors (Lipinski definition) is 4. The Morgan fingerprint density at radius 2 is 1.80 bits per heavy atom. The molecule has 0 aliphatic rings. The Bertz CT molecular complexity index is 399. The van der Waals surface area contributed by atoms with E-state index in [2.05, 4.69) is 0 Å². The fourth-order valence-corrected chi connectivity index (χ4v) is 1.09. The third-order valence-electron chi connectivity index (χ3n) is 1.69. The molecule has 0 fully saturated rings. The maximum absolute atomic E-state index is 10.7. The van der Waals surface area contributed by atoms with Crippen LogP contribution in [0.1, 0.15) is 15.9 Å². The van der Waals surface area contributed by atoms with Crippen molar-refractivity contribution in [2.75, 3.05) is 0 Å². The highest BCUT2D eigenvalue weighted by atomic mass is 16.8. The molecule has 80 valence electrons. The molecule has 1 aromatic carbocycles. The molecule has 6 heteroatoms. The van der Waals surface area contributed by atoms with Crippen LogP contribution in [0.3, 0.4) is 0 Å². The largest absolute Gasteiger partial charge is 0.595 e. The quantitative estimate of drug-likeness (QED) is 0.416. The zero-order chi connectivity index (χ0) is 11.4. The fourth-order valence-electron chi connectivity index (χ4n) is 1.09. The molecule has 1 aromatic rings. The van der Waals surface area contributed by atoms with Crippen LogP contribution >= 0.6 is 0 Å². The molecular weight excluding hydrogens is 202 g/mol. The zero-order valence-electron chi connectivity index (χ0n) is 7.54. The molecule has 0 heterocycles. The van der Waals surface area contributed by atoms with Gasteiger partial charge in [0.25, 0.3) is 0 Å². The third-order valence-corrected chi connectivity index (χ3v) is 1.69. The number of nitrogens with one attached hydrogen (secondary N) is 1. The van der Waals surface area contributed by atoms with E-state index in [-0.39, 0.29) is 11.1 Å². The highest BCUT2D eigenvalue weighted by Crippen LogP contribution is 2.15. The van der Waals surface area contributed by atoms with Gasteiger partial charge < -0.3 is 15.4 Å². The molecule has 6 nitrogen and oxygen atoms in total. The SMILES string of the molecule is O=C(O)c1ccccc1C(O)=C[NH+]([O-])O. The monoisotopic (exact) mass is 211 g/mol. The van der Waals surface area contributed by atoms with E-state index in [9.17, 15) is 15.1 Å². The van der Waals surface area contributed by atoms with Crippen LogP contribution in [0.25, 0.3) is 5.76 Å². The summed E-state index contributed by atoms with van der Waals surface area (Å²) in [4.78, 5) is 10.7. The summed E-state index contributed by atoms with van der Waals surface area (Å²) in [5.41, 5.74) is -0.167. The second-order valence-corrected chi connectivity index (χ2v) is 2.72. The standard InChI is InChI=1S/C9H9NO5/c11-8(5-10(14)15)6-3-1-2-4-7(6)9(12)13/h1-5,10-11,14H,(H,12,13). The number of hydrogen-bond donors (Lipinski definition) is 4. The van der Waals surface area contributed by atoms with Crippen LogP contribution in [0, 0.1) is 5.21 Å². The van der Waals surface area contributed by atoms with Gasteiger partial charge in [-0.15, -0.1) is 0 Å². The average Bonchev–Trinajstić information content (AvgIpc) is 2.16. The minimum absolute atomic E-state index is 0.0209. The first-order chi connectivity index (χ1) is 7.02. The fraction of sp³-hybridized carbons (Fsp3) is 0. The summed E-state index contributed by atoms with van der Waals surface area (Å²) in [7, 11) is 0. The Kier molecular flexibility index (Phi) is 3.40. The van der Waals surface area contributed by atoms with Gasteiger partial charge in [0.2, 0.25) is 0 Å². The Labute approximate surface area is 84.8 Å². The van der Waals surface area contributed by atoms with E-state index >= 15 is 0 Å². The van der Waals surface area contributed by atoms with Crippen molar-refractivity contribution in [1.29, 1.82) is 0 Å². The smallest absolute Gasteiger partial charge is 0.336 e. The van der Waals surface area contributed by atoms with Gasteiger partial charge >= 0.3 is 5.97 Å². The van der Waals surface area contributed by atoms with Gasteiger partial charge in [0, 0.05) is 5.56 Å². The molecule has 0 aliphatic heterocycles. The normalized spacial score (nSPS) is 13.6. The molecule has 0 saturated heterocycles. The van der Waals surface area contributed by atoms with Crippen molar-refractivity contribution in [3.8, 4) is 0 Å². The van der Waals surface area contributed by atoms with Gasteiger partial charge in [-0.3, -0.25) is 0 Å². The van der Waals surface area contributed by atoms with Crippen molar-refractivity contribution >= 4 is 11.7 Å². The first-order valence-corrected chi connectivity index (χ1v) is 3.98. The van der Waals surface area contributed by atoms with E-state index < -0.39 is 17.0 Å². The average molecular weight is 211 g/mol. The van der Waals surface area contributed by atoms with E-state index in [1.54, 1.807) is 0 Å². The number of carbonyl (C=O) groups is 1. The van der Waals surface area contributed by atoms with E-state index in [0.717, 1.165) is 0 Å². The summed E-state index contributed by atoms with van der Waals surface area (Å²) in [6, 6.07) is 5.61. The lowest BCUT2D eigenvalue weighted by Gasteiger charge is -2.08. The van der Waals surface area contributed by atoms with Crippen molar-refractivity contribution in [3.05, 3.63) is 46.8 Å². The van der Waals surface area contributed by atoms with E-state index in [1.807, 2.05) is 0 Å². The number of benzene rings is 1. The Morgan fingerprint density at radius 3 is 2.27 bits per heavy atom. The molecule has 1 rings (SSSR count). The highest BCUT2D eigenvalue weighted by Gasteiger charge is 2.13. The topological polar surface area (TPSA) is 105 Å². The summed E-state index contributed by atoms with van der Waals surface area (Å²) < 4.78 is 0. The first kappa shape index (κ1) is 11.2. The summed E-state index contributed by atoms with van der Waals surface area (Å²) in [6.45, 7) is 0. The van der Waals surface area contributed by atoms with Gasteiger partial charge in [-0.05, 0) is 6.07 Å². The number of aliphatic hydroxyl groups is 1. The number of hydroxylamine groups is 2. The van der Waals surface area contributed by atoms with Gasteiger partial charge in [0.15, 0.2) is 12.0 Å². The first-order valence-electron chi connectivity index (χ1n) is 3.98. The number of aromatic carboxylic acids is 1. The summed E-state index contributed by atoms with van der Waals surface area (Å²) in [5.74, 6) is -1.81. The van der Waals surface area contributed by atoms with Crippen molar-refractivity contribution < 1.29 is 25.4 Å². The summed E-state index contributed by atoms with van der Waals surface area (Å²) in [6.07, 6.45) is 0.543. The summed E-state index contributed by atoms with van der Waals surface area (Å²) in [5, 5.41) is 35.4. The molecular formula is C9H9NO5. The summed E-state index contributed by atoms with van der Waals surface area (Å²) >= 11 is 0. The predicted octanol–water partition coefficient (Wildman–Crippen LogP) is 0.0131. The third kappa shape index (κ3) is 2.78. The number of carboxylic acid groups (broad SMARTS) is 1. The molecule has 1 unspecified atom stereocenters. The van der Waals surface area contributed by atoms with E-state index in [1.165, 1.54) is 24.3 Å². The van der Waals surface area contributed by atoms with Crippen LogP contribution in [0.2, 0.25) is 0 Å². The van der Waals surface area contributed by atoms with E-state index in [4.69, 9.17) is 10.3 Å². The van der Waals surface area contributed by atoms with Crippen LogP contribution in [-0.2, 0) is 0 Å². The molecule has 0 amide bonds. The zero-order valence-corrected chi connectivity index (χ0v) is 7.54. The van der Waals surface area contributed by atoms with Crippen LogP contribution in [0.5, 0.6) is 0 Å². The van der Waals surface area contributed by atoms with E-state index in [0.29, 0.717) is 6.20 Å². The highest BCUT2D eigenvalue weighted by molar-refractivity contribution is 5.93. The maximum atomic E-state index is 10.7. The van der Waals surface area contributed by atoms with Gasteiger partial charge in [-0.1, -0.05) is 18.2 Å². The Hall–Kier alpha value is -1.89. The lowest BCUT2D eigenvalue weighted by Crippen LogP contribution is -2.99. The van der Waals surface area contributed by atoms with Crippen LogP contribution in [0.15, 0.2) is 30.5 Å². The molecule has 0 spiro atoms. The molecule has 0 radical (unpaired) electrons. The van der Waals surface area contributed by atoms with Crippen molar-refractivity contribution in [1.82, 2.24) is 0 Å². The number of carboxylic acids is 1. The molecule has 4 N–H and O–H groups in total. The minimum Gasteiger partial charge on any atom is -0.595 e. The van der Waals surface area contributed by atoms with Gasteiger partial charge in [-0.2, -0.15) is 5.23 Å². The number of aliphatic hydroxyl groups excluding tert-OH is 1. The number of rotatable bonds is 3. The molecule has 0 aliphatic carbocycles. The van der Waals surface area contributed by atoms with Gasteiger partial charge in [0.1, 0.15) is 0 Å². The van der Waals surface area contributed by atoms with Crippen molar-refractivity contribution in [2.45, 2.75) is 0 Å². The molecule has 15 heavy (non-hydrogen) atoms. The Morgan fingerprint density at radius 1 is 1.27 bits per heavy atom. The van der Waals surface area contributed by atoms with Crippen molar-refractivity contribution in [3.63, 3.8) is 0 Å². The lowest BCUT2D eigenvalue weighted by molar-refractivity contribution is -1.00. The maximum Gasteiger partial charge on any atom is 0.336 e. The lowest BCUT2D eigenvalue weighted by atomic mass is 10.1. The van der Waals surface area contributed by atoms with Gasteiger partial charge in [-0.25, -0.2) is 10.0 Å². The van der Waals surface area contributed by atoms with Crippen LogP contribution < -0.4 is 5.23 Å². The molecule has 0 saturated carbocycles. The second-order valence-electron chi connectivity index (χ2n) is 2.72. The predicted molar refractivity (Wildman–Crippen MR) is 50.1 cm³/mol. The van der Waals surface area contributed by atoms with Gasteiger partial charge in [0.05, 0.1) is 5.56 Å². The van der Waals surface area contributed by atoms with Crippen molar-refractivity contribution in [2.24, 2.45) is 0 Å². The second kappa shape index (κ2) is 4.56. The number of quaternary nitrogens is 1. The molecule has 0 aromatic heterocycles. The minimum atomic E-state index is -1.34. The molecule has 0 bridgehead atoms.